The fraction of sp³-hybridized carbons (Fsp3) is 0.208. The molecule has 1 atom stereocenters. The number of hydrogen-bond donors (Lipinski definition) is 3. The van der Waals surface area contributed by atoms with Crippen LogP contribution in [0.25, 0.3) is 11.1 Å². The Kier molecular flexibility index (Phi) is 8.83. The van der Waals surface area contributed by atoms with Crippen LogP contribution in [0.5, 0.6) is 0 Å². The smallest absolute Gasteiger partial charge is 0.417 e. The molecule has 0 unspecified atom stereocenters. The maximum Gasteiger partial charge on any atom is 0.417 e. The summed E-state index contributed by atoms with van der Waals surface area (Å²) in [7, 11) is 0. The quantitative estimate of drug-likeness (QED) is 0.392. The zero-order chi connectivity index (χ0) is 22.4. The van der Waals surface area contributed by atoms with Crippen LogP contribution < -0.4 is 5.32 Å². The summed E-state index contributed by atoms with van der Waals surface area (Å²) in [6.45, 7) is 1.05. The van der Waals surface area contributed by atoms with Crippen LogP contribution in [0, 0.1) is 0 Å². The van der Waals surface area contributed by atoms with Crippen LogP contribution in [-0.2, 0) is 12.6 Å². The molecule has 0 spiro atoms. The first-order valence-electron chi connectivity index (χ1n) is 9.73. The number of alkyl halides is 3. The molecule has 0 radical (unpaired) electrons. The van der Waals surface area contributed by atoms with Gasteiger partial charge in [0, 0.05) is 6.54 Å². The Morgan fingerprint density at radius 1 is 0.938 bits per heavy atom. The lowest BCUT2D eigenvalue weighted by Crippen LogP contribution is -2.23. The summed E-state index contributed by atoms with van der Waals surface area (Å²) in [6.07, 6.45) is -4.66. The van der Waals surface area contributed by atoms with Crippen molar-refractivity contribution in [2.45, 2.75) is 18.7 Å². The molecule has 4 nitrogen and oxygen atoms in total. The van der Waals surface area contributed by atoms with Crippen molar-refractivity contribution in [3.63, 3.8) is 0 Å². The number of benzene rings is 3. The number of carboxylic acids is 1. The van der Waals surface area contributed by atoms with Crippen molar-refractivity contribution < 1.29 is 28.2 Å². The molecule has 3 rings (SSSR count). The number of aliphatic hydroxyl groups excluding tert-OH is 1. The number of rotatable bonds is 8. The number of carboxylic acid groups (broad SMARTS) is 1. The molecular weight excluding hydrogens is 443 g/mol. The van der Waals surface area contributed by atoms with E-state index in [0.717, 1.165) is 23.3 Å². The SMILES string of the molecule is Cl.O=C(O)c1ccc(-c2ccc(CCNC[C@@H](O)c3ccccc3)cc2)cc1C(F)(F)F. The van der Waals surface area contributed by atoms with Gasteiger partial charge in [0.1, 0.15) is 0 Å². The van der Waals surface area contributed by atoms with Crippen molar-refractivity contribution in [1.29, 1.82) is 0 Å². The number of hydrogen-bond acceptors (Lipinski definition) is 3. The molecule has 32 heavy (non-hydrogen) atoms. The largest absolute Gasteiger partial charge is 0.478 e. The van der Waals surface area contributed by atoms with Crippen molar-refractivity contribution in [3.05, 3.63) is 95.1 Å². The maximum absolute atomic E-state index is 13.2. The molecule has 3 aromatic rings. The van der Waals surface area contributed by atoms with E-state index in [9.17, 15) is 23.1 Å². The maximum atomic E-state index is 13.2. The highest BCUT2D eigenvalue weighted by atomic mass is 35.5. The predicted octanol–water partition coefficient (Wildman–Crippen LogP) is 5.36. The summed E-state index contributed by atoms with van der Waals surface area (Å²) in [5.41, 5.74) is 0.765. The summed E-state index contributed by atoms with van der Waals surface area (Å²) in [5.74, 6) is -1.61. The fourth-order valence-corrected chi connectivity index (χ4v) is 3.27. The topological polar surface area (TPSA) is 69.6 Å². The first kappa shape index (κ1) is 25.4. The van der Waals surface area contributed by atoms with E-state index in [1.54, 1.807) is 12.1 Å². The van der Waals surface area contributed by atoms with Gasteiger partial charge in [-0.25, -0.2) is 4.79 Å². The molecule has 0 aromatic heterocycles. The highest BCUT2D eigenvalue weighted by molar-refractivity contribution is 5.90. The van der Waals surface area contributed by atoms with Crippen LogP contribution in [0.3, 0.4) is 0 Å². The molecule has 0 fully saturated rings. The van der Waals surface area contributed by atoms with E-state index in [0.29, 0.717) is 30.6 Å². The molecule has 170 valence electrons. The molecule has 0 aliphatic carbocycles. The zero-order valence-corrected chi connectivity index (χ0v) is 17.8. The summed E-state index contributed by atoms with van der Waals surface area (Å²) < 4.78 is 39.7. The summed E-state index contributed by atoms with van der Waals surface area (Å²) in [5, 5.41) is 22.3. The van der Waals surface area contributed by atoms with Crippen LogP contribution in [0.4, 0.5) is 13.2 Å². The summed E-state index contributed by atoms with van der Waals surface area (Å²) in [4.78, 5) is 11.1. The molecule has 0 aliphatic rings. The Morgan fingerprint density at radius 3 is 2.16 bits per heavy atom. The Hall–Kier alpha value is -2.87. The highest BCUT2D eigenvalue weighted by Gasteiger charge is 2.35. The second kappa shape index (κ2) is 11.1. The molecule has 0 saturated carbocycles. The molecule has 0 saturated heterocycles. The van der Waals surface area contributed by atoms with Gasteiger partial charge in [0.15, 0.2) is 0 Å². The lowest BCUT2D eigenvalue weighted by molar-refractivity contribution is -0.138. The van der Waals surface area contributed by atoms with E-state index >= 15 is 0 Å². The van der Waals surface area contributed by atoms with Gasteiger partial charge in [-0.3, -0.25) is 0 Å². The van der Waals surface area contributed by atoms with Crippen LogP contribution >= 0.6 is 12.4 Å². The minimum Gasteiger partial charge on any atom is -0.478 e. The number of carbonyl (C=O) groups is 1. The molecule has 3 aromatic carbocycles. The van der Waals surface area contributed by atoms with Gasteiger partial charge in [-0.2, -0.15) is 13.2 Å². The van der Waals surface area contributed by atoms with Crippen molar-refractivity contribution in [2.75, 3.05) is 13.1 Å². The lowest BCUT2D eigenvalue weighted by atomic mass is 9.97. The van der Waals surface area contributed by atoms with Crippen LogP contribution in [0.1, 0.15) is 33.2 Å². The van der Waals surface area contributed by atoms with Crippen LogP contribution in [0.2, 0.25) is 0 Å². The van der Waals surface area contributed by atoms with E-state index < -0.39 is 29.4 Å². The van der Waals surface area contributed by atoms with Gasteiger partial charge in [0.2, 0.25) is 0 Å². The summed E-state index contributed by atoms with van der Waals surface area (Å²) in [6, 6.07) is 19.6. The van der Waals surface area contributed by atoms with Crippen LogP contribution in [0.15, 0.2) is 72.8 Å². The first-order valence-corrected chi connectivity index (χ1v) is 9.73. The Bertz CT molecular complexity index is 1020. The molecule has 8 heteroatoms. The van der Waals surface area contributed by atoms with Crippen LogP contribution in [-0.4, -0.2) is 29.3 Å². The third kappa shape index (κ3) is 6.56. The molecule has 3 N–H and O–H groups in total. The Labute approximate surface area is 190 Å². The van der Waals surface area contributed by atoms with Crippen molar-refractivity contribution in [1.82, 2.24) is 5.32 Å². The summed E-state index contributed by atoms with van der Waals surface area (Å²) >= 11 is 0. The lowest BCUT2D eigenvalue weighted by Gasteiger charge is -2.13. The molecule has 0 amide bonds. The van der Waals surface area contributed by atoms with E-state index in [2.05, 4.69) is 5.32 Å². The van der Waals surface area contributed by atoms with Gasteiger partial charge < -0.3 is 15.5 Å². The minimum absolute atomic E-state index is 0. The van der Waals surface area contributed by atoms with Gasteiger partial charge in [0.05, 0.1) is 17.2 Å². The van der Waals surface area contributed by atoms with Gasteiger partial charge in [-0.15, -0.1) is 12.4 Å². The van der Waals surface area contributed by atoms with Gasteiger partial charge >= 0.3 is 12.1 Å². The normalized spacial score (nSPS) is 12.1. The number of nitrogens with one attached hydrogen (secondary N) is 1. The predicted molar refractivity (Wildman–Crippen MR) is 119 cm³/mol. The second-order valence-electron chi connectivity index (χ2n) is 7.14. The van der Waals surface area contributed by atoms with E-state index in [1.807, 2.05) is 42.5 Å². The average molecular weight is 466 g/mol. The first-order chi connectivity index (χ1) is 14.8. The van der Waals surface area contributed by atoms with E-state index in [-0.39, 0.29) is 12.4 Å². The van der Waals surface area contributed by atoms with Gasteiger partial charge in [0.25, 0.3) is 0 Å². The third-order valence-corrected chi connectivity index (χ3v) is 4.96. The van der Waals surface area contributed by atoms with E-state index in [1.165, 1.54) is 6.07 Å². The van der Waals surface area contributed by atoms with Crippen molar-refractivity contribution in [2.24, 2.45) is 0 Å². The Balaban J connectivity index is 0.00000363. The third-order valence-electron chi connectivity index (χ3n) is 4.96. The highest BCUT2D eigenvalue weighted by Crippen LogP contribution is 2.35. The van der Waals surface area contributed by atoms with Crippen molar-refractivity contribution in [3.8, 4) is 11.1 Å². The fourth-order valence-electron chi connectivity index (χ4n) is 3.27. The zero-order valence-electron chi connectivity index (χ0n) is 17.0. The Morgan fingerprint density at radius 2 is 1.56 bits per heavy atom. The minimum atomic E-state index is -4.75. The second-order valence-corrected chi connectivity index (χ2v) is 7.14. The molecule has 0 aliphatic heterocycles. The van der Waals surface area contributed by atoms with Gasteiger partial charge in [-0.1, -0.05) is 60.7 Å². The van der Waals surface area contributed by atoms with Crippen molar-refractivity contribution >= 4 is 18.4 Å². The standard InChI is InChI=1S/C24H22F3NO3.ClH/c25-24(26,27)21-14-19(10-11-20(21)23(30)31)17-8-6-16(7-9-17)12-13-28-15-22(29)18-4-2-1-3-5-18;/h1-11,14,22,28-29H,12-13,15H2,(H,30,31);1H/t22-;/m1./s1. The van der Waals surface area contributed by atoms with E-state index in [4.69, 9.17) is 5.11 Å². The monoisotopic (exact) mass is 465 g/mol. The molecule has 0 bridgehead atoms. The average Bonchev–Trinajstić information content (AvgIpc) is 2.76. The number of aliphatic hydroxyl groups is 1. The number of halogens is 4. The molecular formula is C24H23ClF3NO3. The molecule has 0 heterocycles. The van der Waals surface area contributed by atoms with Gasteiger partial charge in [-0.05, 0) is 47.4 Å². The number of aromatic carboxylic acids is 1.